The van der Waals surface area contributed by atoms with Gasteiger partial charge in [-0.3, -0.25) is 0 Å². The third kappa shape index (κ3) is 2.55. The Kier molecular flexibility index (Phi) is 2.84. The standard InChI is InChI=1S/C7H11F3O3/c8-7(9,10)5-3-6(12,4-11)1-2-13-5/h5,11-12H,1-4H2. The fraction of sp³-hybridized carbons (Fsp3) is 1.00. The van der Waals surface area contributed by atoms with E-state index < -0.39 is 30.9 Å². The lowest BCUT2D eigenvalue weighted by Crippen LogP contribution is -2.48. The van der Waals surface area contributed by atoms with Gasteiger partial charge in [0.25, 0.3) is 0 Å². The van der Waals surface area contributed by atoms with Gasteiger partial charge >= 0.3 is 6.18 Å². The van der Waals surface area contributed by atoms with Crippen molar-refractivity contribution in [2.24, 2.45) is 0 Å². The molecule has 0 aliphatic carbocycles. The lowest BCUT2D eigenvalue weighted by Gasteiger charge is -2.36. The van der Waals surface area contributed by atoms with Crippen LogP contribution in [0.5, 0.6) is 0 Å². The summed E-state index contributed by atoms with van der Waals surface area (Å²) in [4.78, 5) is 0. The molecule has 2 unspecified atom stereocenters. The largest absolute Gasteiger partial charge is 0.414 e. The maximum absolute atomic E-state index is 12.1. The normalized spacial score (nSPS) is 36.2. The Morgan fingerprint density at radius 3 is 2.54 bits per heavy atom. The van der Waals surface area contributed by atoms with E-state index in [0.717, 1.165) is 0 Å². The molecule has 1 saturated heterocycles. The van der Waals surface area contributed by atoms with Crippen LogP contribution in [0.2, 0.25) is 0 Å². The summed E-state index contributed by atoms with van der Waals surface area (Å²) < 4.78 is 40.8. The highest BCUT2D eigenvalue weighted by Gasteiger charge is 2.48. The molecule has 0 saturated carbocycles. The van der Waals surface area contributed by atoms with Crippen LogP contribution in [0.3, 0.4) is 0 Å². The minimum absolute atomic E-state index is 0.0378. The van der Waals surface area contributed by atoms with Crippen LogP contribution in [0.4, 0.5) is 13.2 Å². The third-order valence-electron chi connectivity index (χ3n) is 2.11. The topological polar surface area (TPSA) is 49.7 Å². The summed E-state index contributed by atoms with van der Waals surface area (Å²) in [7, 11) is 0. The highest BCUT2D eigenvalue weighted by Crippen LogP contribution is 2.34. The van der Waals surface area contributed by atoms with Gasteiger partial charge in [-0.15, -0.1) is 0 Å². The van der Waals surface area contributed by atoms with E-state index in [4.69, 9.17) is 5.11 Å². The summed E-state index contributed by atoms with van der Waals surface area (Å²) in [5, 5.41) is 18.0. The molecule has 0 radical (unpaired) electrons. The molecule has 6 heteroatoms. The van der Waals surface area contributed by atoms with Gasteiger partial charge in [0.15, 0.2) is 6.10 Å². The first kappa shape index (κ1) is 10.7. The van der Waals surface area contributed by atoms with Gasteiger partial charge in [0, 0.05) is 12.8 Å². The molecular weight excluding hydrogens is 189 g/mol. The van der Waals surface area contributed by atoms with Crippen molar-refractivity contribution in [3.8, 4) is 0 Å². The predicted molar refractivity (Wildman–Crippen MR) is 37.1 cm³/mol. The molecular formula is C7H11F3O3. The first-order chi connectivity index (χ1) is 5.87. The highest BCUT2D eigenvalue weighted by atomic mass is 19.4. The first-order valence-electron chi connectivity index (χ1n) is 3.89. The molecule has 2 N–H and O–H groups in total. The minimum atomic E-state index is -4.47. The zero-order valence-corrected chi connectivity index (χ0v) is 6.84. The van der Waals surface area contributed by atoms with Crippen molar-refractivity contribution >= 4 is 0 Å². The molecule has 1 heterocycles. The molecule has 0 bridgehead atoms. The molecule has 0 aromatic carbocycles. The zero-order chi connectivity index (χ0) is 10.1. The fourth-order valence-electron chi connectivity index (χ4n) is 1.25. The van der Waals surface area contributed by atoms with Crippen molar-refractivity contribution in [3.05, 3.63) is 0 Å². The summed E-state index contributed by atoms with van der Waals surface area (Å²) in [6.45, 7) is -0.843. The molecule has 78 valence electrons. The van der Waals surface area contributed by atoms with Crippen molar-refractivity contribution in [2.75, 3.05) is 13.2 Å². The van der Waals surface area contributed by atoms with Crippen molar-refractivity contribution < 1.29 is 28.1 Å². The van der Waals surface area contributed by atoms with E-state index in [1.165, 1.54) is 0 Å². The van der Waals surface area contributed by atoms with E-state index in [-0.39, 0.29) is 13.0 Å². The van der Waals surface area contributed by atoms with Gasteiger partial charge < -0.3 is 14.9 Å². The van der Waals surface area contributed by atoms with Gasteiger partial charge in [0.1, 0.15) is 0 Å². The van der Waals surface area contributed by atoms with Crippen LogP contribution in [-0.2, 0) is 4.74 Å². The SMILES string of the molecule is OCC1(O)CCOC(C(F)(F)F)C1. The van der Waals surface area contributed by atoms with Gasteiger partial charge in [0.05, 0.1) is 18.8 Å². The third-order valence-corrected chi connectivity index (χ3v) is 2.11. The van der Waals surface area contributed by atoms with Gasteiger partial charge in [-0.2, -0.15) is 13.2 Å². The van der Waals surface area contributed by atoms with Crippen LogP contribution >= 0.6 is 0 Å². The van der Waals surface area contributed by atoms with E-state index in [1.807, 2.05) is 0 Å². The molecule has 3 nitrogen and oxygen atoms in total. The number of alkyl halides is 3. The smallest absolute Gasteiger partial charge is 0.393 e. The van der Waals surface area contributed by atoms with Crippen LogP contribution in [-0.4, -0.2) is 41.3 Å². The molecule has 0 spiro atoms. The van der Waals surface area contributed by atoms with Crippen LogP contribution in [0.15, 0.2) is 0 Å². The van der Waals surface area contributed by atoms with Crippen molar-refractivity contribution in [1.29, 1.82) is 0 Å². The Balaban J connectivity index is 2.62. The van der Waals surface area contributed by atoms with E-state index in [0.29, 0.717) is 0 Å². The number of halogens is 3. The van der Waals surface area contributed by atoms with Crippen LogP contribution in [0.25, 0.3) is 0 Å². The van der Waals surface area contributed by atoms with Crippen molar-refractivity contribution in [3.63, 3.8) is 0 Å². The first-order valence-corrected chi connectivity index (χ1v) is 3.89. The fourth-order valence-corrected chi connectivity index (χ4v) is 1.25. The summed E-state index contributed by atoms with van der Waals surface area (Å²) >= 11 is 0. The number of aliphatic hydroxyl groups excluding tert-OH is 1. The maximum Gasteiger partial charge on any atom is 0.414 e. The average molecular weight is 200 g/mol. The predicted octanol–water partition coefficient (Wildman–Crippen LogP) is 0.451. The summed E-state index contributed by atoms with van der Waals surface area (Å²) in [6, 6.07) is 0. The van der Waals surface area contributed by atoms with Crippen molar-refractivity contribution in [1.82, 2.24) is 0 Å². The van der Waals surface area contributed by atoms with Gasteiger partial charge in [0.2, 0.25) is 0 Å². The van der Waals surface area contributed by atoms with Gasteiger partial charge in [-0.25, -0.2) is 0 Å². The monoisotopic (exact) mass is 200 g/mol. The maximum atomic E-state index is 12.1. The Hall–Kier alpha value is -0.330. The summed E-state index contributed by atoms with van der Waals surface area (Å²) in [5.41, 5.74) is -1.64. The molecule has 0 amide bonds. The van der Waals surface area contributed by atoms with E-state index in [2.05, 4.69) is 4.74 Å². The molecule has 1 aliphatic rings. The molecule has 1 rings (SSSR count). The van der Waals surface area contributed by atoms with Crippen molar-refractivity contribution in [2.45, 2.75) is 30.7 Å². The van der Waals surface area contributed by atoms with E-state index in [9.17, 15) is 18.3 Å². The Morgan fingerprint density at radius 2 is 2.08 bits per heavy atom. The average Bonchev–Trinajstić information content (AvgIpc) is 2.03. The number of hydrogen-bond acceptors (Lipinski definition) is 3. The summed E-state index contributed by atoms with van der Waals surface area (Å²) in [6.07, 6.45) is -6.98. The van der Waals surface area contributed by atoms with Crippen LogP contribution < -0.4 is 0 Å². The second-order valence-corrected chi connectivity index (χ2v) is 3.24. The number of ether oxygens (including phenoxy) is 1. The van der Waals surface area contributed by atoms with E-state index in [1.54, 1.807) is 0 Å². The van der Waals surface area contributed by atoms with E-state index >= 15 is 0 Å². The van der Waals surface area contributed by atoms with Crippen LogP contribution in [0.1, 0.15) is 12.8 Å². The van der Waals surface area contributed by atoms with Crippen LogP contribution in [0, 0.1) is 0 Å². The minimum Gasteiger partial charge on any atom is -0.393 e. The molecule has 2 atom stereocenters. The molecule has 1 fully saturated rings. The zero-order valence-electron chi connectivity index (χ0n) is 6.84. The molecule has 0 aromatic heterocycles. The molecule has 13 heavy (non-hydrogen) atoms. The second kappa shape index (κ2) is 3.43. The Bertz CT molecular complexity index is 182. The quantitative estimate of drug-likeness (QED) is 0.646. The number of rotatable bonds is 1. The van der Waals surface area contributed by atoms with Gasteiger partial charge in [-0.05, 0) is 0 Å². The second-order valence-electron chi connectivity index (χ2n) is 3.24. The Labute approximate surface area is 73.1 Å². The lowest BCUT2D eigenvalue weighted by atomic mass is 9.91. The summed E-state index contributed by atoms with van der Waals surface area (Å²) in [5.74, 6) is 0. The number of aliphatic hydroxyl groups is 2. The van der Waals surface area contributed by atoms with Gasteiger partial charge in [-0.1, -0.05) is 0 Å². The molecule has 1 aliphatic heterocycles. The molecule has 0 aromatic rings. The number of hydrogen-bond donors (Lipinski definition) is 2. The Morgan fingerprint density at radius 1 is 1.46 bits per heavy atom. The lowest BCUT2D eigenvalue weighted by molar-refractivity contribution is -0.256. The highest BCUT2D eigenvalue weighted by molar-refractivity contribution is 4.87.